The van der Waals surface area contributed by atoms with Crippen molar-refractivity contribution in [3.63, 3.8) is 0 Å². The van der Waals surface area contributed by atoms with Crippen molar-refractivity contribution >= 4 is 27.4 Å². The molecule has 2 fully saturated rings. The summed E-state index contributed by atoms with van der Waals surface area (Å²) in [6.45, 7) is 0.376. The molecular weight excluding hydrogens is 494 g/mol. The van der Waals surface area contributed by atoms with E-state index in [-0.39, 0.29) is 28.5 Å². The highest BCUT2D eigenvalue weighted by molar-refractivity contribution is 7.90. The Hall–Kier alpha value is -3.66. The summed E-state index contributed by atoms with van der Waals surface area (Å²) in [4.78, 5) is 27.8. The van der Waals surface area contributed by atoms with Gasteiger partial charge in [0.15, 0.2) is 5.69 Å². The number of aromatic carboxylic acids is 1. The molecular formula is C27H27N3O6S. The molecule has 10 heteroatoms. The second kappa shape index (κ2) is 7.92. The lowest BCUT2D eigenvalue weighted by Gasteiger charge is -2.33. The molecule has 1 N–H and O–H groups in total. The predicted molar refractivity (Wildman–Crippen MR) is 137 cm³/mol. The summed E-state index contributed by atoms with van der Waals surface area (Å²) < 4.78 is 30.5. The van der Waals surface area contributed by atoms with E-state index in [9.17, 15) is 23.1 Å². The lowest BCUT2D eigenvalue weighted by Crippen LogP contribution is -2.44. The Bertz CT molecular complexity index is 1530. The minimum absolute atomic E-state index is 0.0804. The largest absolute Gasteiger partial charge is 0.497 e. The molecule has 1 aliphatic heterocycles. The fourth-order valence-electron chi connectivity index (χ4n) is 5.69. The summed E-state index contributed by atoms with van der Waals surface area (Å²) in [5.74, 6) is -0.707. The highest BCUT2D eigenvalue weighted by atomic mass is 32.2. The number of carboxylic acids is 1. The third-order valence-electron chi connectivity index (χ3n) is 7.88. The smallest absolute Gasteiger partial charge is 0.356 e. The Morgan fingerprint density at radius 1 is 1.03 bits per heavy atom. The zero-order valence-electron chi connectivity index (χ0n) is 20.6. The minimum atomic E-state index is -3.12. The monoisotopic (exact) mass is 521 g/mol. The van der Waals surface area contributed by atoms with E-state index in [0.717, 1.165) is 31.2 Å². The number of amides is 1. The SMILES string of the molecule is COc1ccc(-n2nc(C(=O)O)c3c2C(=O)N(c2ccc(C4(CS(C)(=O)=O)CC4)cc2)CC32CC2)cc1. The van der Waals surface area contributed by atoms with Gasteiger partial charge >= 0.3 is 5.97 Å². The number of carbonyl (C=O) groups is 2. The van der Waals surface area contributed by atoms with Crippen molar-refractivity contribution in [3.8, 4) is 11.4 Å². The number of nitrogens with zero attached hydrogens (tertiary/aromatic N) is 3. The van der Waals surface area contributed by atoms with Crippen LogP contribution in [0, 0.1) is 0 Å². The molecule has 0 saturated heterocycles. The maximum absolute atomic E-state index is 13.9. The van der Waals surface area contributed by atoms with E-state index >= 15 is 0 Å². The summed E-state index contributed by atoms with van der Waals surface area (Å²) in [7, 11) is -1.56. The van der Waals surface area contributed by atoms with Crippen molar-refractivity contribution in [3.05, 3.63) is 71.0 Å². The van der Waals surface area contributed by atoms with Crippen molar-refractivity contribution < 1.29 is 27.9 Å². The number of benzene rings is 2. The number of ether oxygens (including phenoxy) is 1. The fourth-order valence-corrected chi connectivity index (χ4v) is 7.15. The van der Waals surface area contributed by atoms with E-state index in [1.807, 2.05) is 24.3 Å². The molecule has 1 amide bonds. The van der Waals surface area contributed by atoms with Crippen molar-refractivity contribution in [1.29, 1.82) is 0 Å². The molecule has 3 aliphatic rings. The topological polar surface area (TPSA) is 119 Å². The molecule has 0 unspecified atom stereocenters. The van der Waals surface area contributed by atoms with E-state index in [4.69, 9.17) is 4.74 Å². The van der Waals surface area contributed by atoms with Gasteiger partial charge in [-0.25, -0.2) is 17.9 Å². The van der Waals surface area contributed by atoms with Gasteiger partial charge in [-0.3, -0.25) is 4.79 Å². The zero-order valence-corrected chi connectivity index (χ0v) is 21.4. The number of anilines is 1. The third-order valence-corrected chi connectivity index (χ3v) is 8.96. The lowest BCUT2D eigenvalue weighted by molar-refractivity contribution is 0.0688. The number of hydrogen-bond acceptors (Lipinski definition) is 6. The first-order valence-electron chi connectivity index (χ1n) is 12.2. The Morgan fingerprint density at radius 3 is 2.16 bits per heavy atom. The molecule has 1 spiro atoms. The molecule has 6 rings (SSSR count). The van der Waals surface area contributed by atoms with Crippen LogP contribution in [0.4, 0.5) is 5.69 Å². The van der Waals surface area contributed by atoms with Crippen LogP contribution < -0.4 is 9.64 Å². The first-order valence-corrected chi connectivity index (χ1v) is 14.2. The molecule has 1 aromatic heterocycles. The standard InChI is InChI=1S/C27H27N3O6S/c1-36-20-9-7-19(8-10-20)30-23-21(22(28-30)25(32)33)26(11-12-26)15-29(24(23)31)18-5-3-17(4-6-18)27(13-14-27)16-37(2,34)35/h3-10H,11-16H2,1-2H3,(H,32,33). The molecule has 37 heavy (non-hydrogen) atoms. The number of methoxy groups -OCH3 is 1. The quantitative estimate of drug-likeness (QED) is 0.506. The fraction of sp³-hybridized carbons (Fsp3) is 0.370. The van der Waals surface area contributed by atoms with Gasteiger partial charge in [-0.15, -0.1) is 0 Å². The third kappa shape index (κ3) is 3.90. The van der Waals surface area contributed by atoms with E-state index in [1.54, 1.807) is 36.3 Å². The summed E-state index contributed by atoms with van der Waals surface area (Å²) in [6.07, 6.45) is 4.46. The lowest BCUT2D eigenvalue weighted by atomic mass is 9.88. The van der Waals surface area contributed by atoms with Gasteiger partial charge in [-0.1, -0.05) is 12.1 Å². The van der Waals surface area contributed by atoms with Gasteiger partial charge in [-0.05, 0) is 67.6 Å². The Labute approximate surface area is 214 Å². The van der Waals surface area contributed by atoms with Crippen LogP contribution in [0.25, 0.3) is 5.69 Å². The van der Waals surface area contributed by atoms with Crippen molar-refractivity contribution in [2.45, 2.75) is 36.5 Å². The van der Waals surface area contributed by atoms with E-state index in [1.165, 1.54) is 10.9 Å². The van der Waals surface area contributed by atoms with Gasteiger partial charge in [0.05, 0.1) is 18.6 Å². The number of rotatable bonds is 7. The van der Waals surface area contributed by atoms with Crippen LogP contribution in [-0.2, 0) is 20.7 Å². The molecule has 0 radical (unpaired) electrons. The molecule has 2 saturated carbocycles. The normalized spacial score (nSPS) is 19.0. The number of hydrogen-bond donors (Lipinski definition) is 1. The number of sulfone groups is 1. The number of aromatic nitrogens is 2. The maximum Gasteiger partial charge on any atom is 0.356 e. The van der Waals surface area contributed by atoms with Gasteiger partial charge in [0.1, 0.15) is 21.3 Å². The van der Waals surface area contributed by atoms with E-state index in [2.05, 4.69) is 5.10 Å². The van der Waals surface area contributed by atoms with Crippen LogP contribution in [0.5, 0.6) is 5.75 Å². The highest BCUT2D eigenvalue weighted by Gasteiger charge is 2.56. The van der Waals surface area contributed by atoms with Gasteiger partial charge in [0, 0.05) is 34.9 Å². The van der Waals surface area contributed by atoms with Crippen LogP contribution >= 0.6 is 0 Å². The average Bonchev–Trinajstić information content (AvgIpc) is 3.78. The van der Waals surface area contributed by atoms with E-state index < -0.39 is 21.2 Å². The van der Waals surface area contributed by atoms with Crippen LogP contribution in [0.15, 0.2) is 48.5 Å². The Kier molecular flexibility index (Phi) is 5.08. The minimum Gasteiger partial charge on any atom is -0.497 e. The first-order chi connectivity index (χ1) is 17.6. The van der Waals surface area contributed by atoms with E-state index in [0.29, 0.717) is 29.2 Å². The predicted octanol–water partition coefficient (Wildman–Crippen LogP) is 3.35. The summed E-state index contributed by atoms with van der Waals surface area (Å²) >= 11 is 0. The molecule has 0 atom stereocenters. The molecule has 2 aliphatic carbocycles. The van der Waals surface area contributed by atoms with Crippen LogP contribution in [0.3, 0.4) is 0 Å². The Morgan fingerprint density at radius 2 is 1.65 bits per heavy atom. The van der Waals surface area contributed by atoms with Crippen molar-refractivity contribution in [2.24, 2.45) is 0 Å². The van der Waals surface area contributed by atoms with Gasteiger partial charge < -0.3 is 14.7 Å². The summed E-state index contributed by atoms with van der Waals surface area (Å²) in [5.41, 5.74) is 2.14. The van der Waals surface area contributed by atoms with Gasteiger partial charge in [0.25, 0.3) is 5.91 Å². The molecule has 3 aromatic rings. The summed E-state index contributed by atoms with van der Waals surface area (Å²) in [6, 6.07) is 14.5. The van der Waals surface area contributed by atoms with Gasteiger partial charge in [0.2, 0.25) is 0 Å². The first kappa shape index (κ1) is 23.7. The number of carbonyl (C=O) groups excluding carboxylic acids is 1. The van der Waals surface area contributed by atoms with Crippen molar-refractivity contribution in [2.75, 3.05) is 30.6 Å². The second-order valence-corrected chi connectivity index (χ2v) is 12.7. The summed E-state index contributed by atoms with van der Waals surface area (Å²) in [5, 5.41) is 14.3. The van der Waals surface area contributed by atoms with Crippen molar-refractivity contribution in [1.82, 2.24) is 9.78 Å². The number of carboxylic acid groups (broad SMARTS) is 1. The van der Waals surface area contributed by atoms with Gasteiger partial charge in [-0.2, -0.15) is 5.10 Å². The molecule has 9 nitrogen and oxygen atoms in total. The number of fused-ring (bicyclic) bond motifs is 2. The molecule has 2 aromatic carbocycles. The molecule has 0 bridgehead atoms. The molecule has 2 heterocycles. The average molecular weight is 522 g/mol. The van der Waals surface area contributed by atoms with Crippen LogP contribution in [-0.4, -0.2) is 60.8 Å². The zero-order chi connectivity index (χ0) is 26.2. The highest BCUT2D eigenvalue weighted by Crippen LogP contribution is 2.55. The molecule has 192 valence electrons. The van der Waals surface area contributed by atoms with Crippen LogP contribution in [0.1, 0.15) is 57.8 Å². The van der Waals surface area contributed by atoms with Crippen LogP contribution in [0.2, 0.25) is 0 Å². The second-order valence-electron chi connectivity index (χ2n) is 10.6. The Balaban J connectivity index is 1.41. The maximum atomic E-state index is 13.9.